The predicted molar refractivity (Wildman–Crippen MR) is 98.4 cm³/mol. The molecule has 3 rings (SSSR count). The average molecular weight is 422 g/mol. The van der Waals surface area contributed by atoms with E-state index in [1.54, 1.807) is 18.2 Å². The maximum atomic E-state index is 12.9. The Morgan fingerprint density at radius 3 is 2.69 bits per heavy atom. The van der Waals surface area contributed by atoms with E-state index in [-0.39, 0.29) is 18.7 Å². The van der Waals surface area contributed by atoms with Crippen molar-refractivity contribution in [3.05, 3.63) is 55.2 Å². The number of thiophene rings is 1. The molecule has 26 heavy (non-hydrogen) atoms. The molecule has 2 nitrogen and oxygen atoms in total. The first kappa shape index (κ1) is 19.5. The van der Waals surface area contributed by atoms with E-state index >= 15 is 0 Å². The third-order valence-electron chi connectivity index (χ3n) is 4.46. The van der Waals surface area contributed by atoms with Crippen LogP contribution in [-0.4, -0.2) is 18.6 Å². The van der Waals surface area contributed by atoms with E-state index in [0.717, 1.165) is 22.5 Å². The van der Waals surface area contributed by atoms with Gasteiger partial charge in [0.25, 0.3) is 5.91 Å². The molecule has 2 aromatic rings. The van der Waals surface area contributed by atoms with E-state index in [9.17, 15) is 18.0 Å². The number of rotatable bonds is 4. The lowest BCUT2D eigenvalue weighted by Crippen LogP contribution is -2.28. The predicted octanol–water partition coefficient (Wildman–Crippen LogP) is 5.69. The Morgan fingerprint density at radius 2 is 2.00 bits per heavy atom. The summed E-state index contributed by atoms with van der Waals surface area (Å²) in [5.74, 6) is -1.56. The summed E-state index contributed by atoms with van der Waals surface area (Å²) in [6.07, 6.45) is -3.16. The zero-order valence-corrected chi connectivity index (χ0v) is 16.0. The number of fused-ring (bicyclic) bond motifs is 1. The van der Waals surface area contributed by atoms with Gasteiger partial charge < -0.3 is 5.32 Å². The van der Waals surface area contributed by atoms with Crippen molar-refractivity contribution in [2.45, 2.75) is 31.9 Å². The Balaban J connectivity index is 1.57. The number of carbonyl (C=O) groups excluding carboxylic acids is 1. The van der Waals surface area contributed by atoms with Crippen molar-refractivity contribution >= 4 is 40.4 Å². The Morgan fingerprint density at radius 1 is 1.23 bits per heavy atom. The fourth-order valence-electron chi connectivity index (χ4n) is 3.00. The molecule has 0 aliphatic heterocycles. The summed E-state index contributed by atoms with van der Waals surface area (Å²) in [6, 6.07) is 7.01. The van der Waals surface area contributed by atoms with Gasteiger partial charge in [0.2, 0.25) is 0 Å². The lowest BCUT2D eigenvalue weighted by molar-refractivity contribution is -0.176. The van der Waals surface area contributed by atoms with Crippen LogP contribution in [0.2, 0.25) is 10.0 Å². The zero-order valence-electron chi connectivity index (χ0n) is 13.6. The molecule has 140 valence electrons. The molecule has 1 amide bonds. The molecule has 0 bridgehead atoms. The minimum absolute atomic E-state index is 0.0277. The zero-order chi connectivity index (χ0) is 18.9. The number of aryl methyl sites for hydroxylation is 1. The minimum Gasteiger partial charge on any atom is -0.351 e. The molecule has 0 radical (unpaired) electrons. The second-order valence-corrected chi connectivity index (χ2v) is 8.25. The van der Waals surface area contributed by atoms with Crippen LogP contribution in [0, 0.1) is 5.92 Å². The SMILES string of the molecule is O=C(NCCc1ccc(Cl)c(Cl)c1)c1cc2c(s1)CC(C(F)(F)F)CC2. The summed E-state index contributed by atoms with van der Waals surface area (Å²) in [4.78, 5) is 13.4. The van der Waals surface area contributed by atoms with Gasteiger partial charge in [-0.1, -0.05) is 29.3 Å². The van der Waals surface area contributed by atoms with Crippen LogP contribution in [0.3, 0.4) is 0 Å². The molecule has 1 atom stereocenters. The molecule has 1 aliphatic carbocycles. The van der Waals surface area contributed by atoms with Crippen LogP contribution in [-0.2, 0) is 19.3 Å². The summed E-state index contributed by atoms with van der Waals surface area (Å²) in [7, 11) is 0. The highest BCUT2D eigenvalue weighted by molar-refractivity contribution is 7.14. The number of benzene rings is 1. The molecule has 1 unspecified atom stereocenters. The fraction of sp³-hybridized carbons (Fsp3) is 0.389. The number of halogens is 5. The summed E-state index contributed by atoms with van der Waals surface area (Å²) in [5.41, 5.74) is 1.81. The summed E-state index contributed by atoms with van der Waals surface area (Å²) < 4.78 is 38.7. The third-order valence-corrected chi connectivity index (χ3v) is 6.40. The monoisotopic (exact) mass is 421 g/mol. The normalized spacial score (nSPS) is 17.0. The lowest BCUT2D eigenvalue weighted by Gasteiger charge is -2.24. The van der Waals surface area contributed by atoms with Gasteiger partial charge in [0.05, 0.1) is 20.8 Å². The Hall–Kier alpha value is -1.24. The van der Waals surface area contributed by atoms with Gasteiger partial charge in [-0.15, -0.1) is 11.3 Å². The van der Waals surface area contributed by atoms with Gasteiger partial charge in [-0.05, 0) is 55.0 Å². The van der Waals surface area contributed by atoms with E-state index < -0.39 is 12.1 Å². The first-order valence-corrected chi connectivity index (χ1v) is 9.71. The Labute approximate surface area is 163 Å². The van der Waals surface area contributed by atoms with Gasteiger partial charge in [0, 0.05) is 11.4 Å². The van der Waals surface area contributed by atoms with Crippen molar-refractivity contribution in [1.82, 2.24) is 5.32 Å². The molecular formula is C18H16Cl2F3NOS. The molecule has 0 fully saturated rings. The van der Waals surface area contributed by atoms with Gasteiger partial charge in [0.15, 0.2) is 0 Å². The van der Waals surface area contributed by atoms with Gasteiger partial charge in [-0.3, -0.25) is 4.79 Å². The quantitative estimate of drug-likeness (QED) is 0.674. The maximum Gasteiger partial charge on any atom is 0.392 e. The molecule has 0 spiro atoms. The molecule has 0 saturated heterocycles. The van der Waals surface area contributed by atoms with Crippen LogP contribution in [0.15, 0.2) is 24.3 Å². The molecule has 1 aliphatic rings. The van der Waals surface area contributed by atoms with Crippen molar-refractivity contribution in [1.29, 1.82) is 0 Å². The van der Waals surface area contributed by atoms with Crippen LogP contribution in [0.5, 0.6) is 0 Å². The number of hydrogen-bond donors (Lipinski definition) is 1. The van der Waals surface area contributed by atoms with Gasteiger partial charge in [-0.25, -0.2) is 0 Å². The van der Waals surface area contributed by atoms with E-state index in [2.05, 4.69) is 5.32 Å². The number of carbonyl (C=O) groups is 1. The third kappa shape index (κ3) is 4.53. The van der Waals surface area contributed by atoms with Crippen LogP contribution in [0.25, 0.3) is 0 Å². The minimum atomic E-state index is -4.18. The second kappa shape index (κ2) is 7.79. The Bertz CT molecular complexity index is 819. The Kier molecular flexibility index (Phi) is 5.85. The van der Waals surface area contributed by atoms with Gasteiger partial charge in [0.1, 0.15) is 0 Å². The molecule has 1 aromatic heterocycles. The van der Waals surface area contributed by atoms with E-state index in [0.29, 0.717) is 39.2 Å². The highest BCUT2D eigenvalue weighted by atomic mass is 35.5. The van der Waals surface area contributed by atoms with Crippen LogP contribution < -0.4 is 5.32 Å². The van der Waals surface area contributed by atoms with Gasteiger partial charge in [-0.2, -0.15) is 13.2 Å². The lowest BCUT2D eigenvalue weighted by atomic mass is 9.88. The molecule has 1 aromatic carbocycles. The molecule has 1 N–H and O–H groups in total. The van der Waals surface area contributed by atoms with E-state index in [1.165, 1.54) is 0 Å². The highest BCUT2D eigenvalue weighted by Gasteiger charge is 2.41. The van der Waals surface area contributed by atoms with Crippen molar-refractivity contribution < 1.29 is 18.0 Å². The first-order valence-electron chi connectivity index (χ1n) is 8.14. The summed E-state index contributed by atoms with van der Waals surface area (Å²) in [5, 5.41) is 3.74. The molecular weight excluding hydrogens is 406 g/mol. The smallest absolute Gasteiger partial charge is 0.351 e. The van der Waals surface area contributed by atoms with E-state index in [4.69, 9.17) is 23.2 Å². The molecule has 1 heterocycles. The maximum absolute atomic E-state index is 12.9. The fourth-order valence-corrected chi connectivity index (χ4v) is 4.53. The largest absolute Gasteiger partial charge is 0.392 e. The number of alkyl halides is 3. The summed E-state index contributed by atoms with van der Waals surface area (Å²) in [6.45, 7) is 0.407. The number of nitrogens with one attached hydrogen (secondary N) is 1. The van der Waals surface area contributed by atoms with Crippen LogP contribution in [0.1, 0.15) is 32.1 Å². The molecule has 8 heteroatoms. The first-order chi connectivity index (χ1) is 12.2. The van der Waals surface area contributed by atoms with Crippen molar-refractivity contribution in [2.24, 2.45) is 5.92 Å². The standard InChI is InChI=1S/C18H16Cl2F3NOS/c19-13-4-1-10(7-14(13)20)5-6-24-17(25)16-8-11-2-3-12(18(21,22)23)9-15(11)26-16/h1,4,7-8,12H,2-3,5-6,9H2,(H,24,25). The van der Waals surface area contributed by atoms with Gasteiger partial charge >= 0.3 is 6.18 Å². The number of amides is 1. The van der Waals surface area contributed by atoms with Crippen molar-refractivity contribution in [3.8, 4) is 0 Å². The van der Waals surface area contributed by atoms with E-state index in [1.807, 2.05) is 6.07 Å². The topological polar surface area (TPSA) is 29.1 Å². The average Bonchev–Trinajstić information content (AvgIpc) is 3.00. The van der Waals surface area contributed by atoms with Crippen molar-refractivity contribution in [3.63, 3.8) is 0 Å². The van der Waals surface area contributed by atoms with Crippen LogP contribution in [0.4, 0.5) is 13.2 Å². The van der Waals surface area contributed by atoms with Crippen molar-refractivity contribution in [2.75, 3.05) is 6.54 Å². The molecule has 0 saturated carbocycles. The highest BCUT2D eigenvalue weighted by Crippen LogP contribution is 2.40. The number of hydrogen-bond acceptors (Lipinski definition) is 2. The van der Waals surface area contributed by atoms with Crippen LogP contribution >= 0.6 is 34.5 Å². The second-order valence-electron chi connectivity index (χ2n) is 6.29. The summed E-state index contributed by atoms with van der Waals surface area (Å²) >= 11 is 13.0.